The van der Waals surface area contributed by atoms with Crippen LogP contribution < -0.4 is 9.80 Å². The van der Waals surface area contributed by atoms with Crippen LogP contribution in [0.4, 0.5) is 28.4 Å². The number of para-hydroxylation sites is 3. The average molecular weight is 795 g/mol. The molecule has 0 unspecified atom stereocenters. The summed E-state index contributed by atoms with van der Waals surface area (Å²) < 4.78 is 0. The third-order valence-corrected chi connectivity index (χ3v) is 11.7. The molecular formula is C60H46N2. The summed E-state index contributed by atoms with van der Waals surface area (Å²) in [5.41, 5.74) is 18.7. The fraction of sp³-hybridized carbons (Fsp3) is 0.0333. The minimum atomic E-state index is 1.01. The molecule has 62 heavy (non-hydrogen) atoms. The van der Waals surface area contributed by atoms with Gasteiger partial charge in [0.05, 0.1) is 11.4 Å². The molecule has 0 spiro atoms. The Morgan fingerprint density at radius 2 is 0.694 bits per heavy atom. The molecule has 9 aromatic carbocycles. The number of allylic oxidation sites excluding steroid dienone is 3. The van der Waals surface area contributed by atoms with E-state index < -0.39 is 0 Å². The van der Waals surface area contributed by atoms with E-state index in [4.69, 9.17) is 0 Å². The van der Waals surface area contributed by atoms with Crippen molar-refractivity contribution in [1.82, 2.24) is 0 Å². The number of hydrogen-bond donors (Lipinski definition) is 0. The molecule has 0 N–H and O–H groups in total. The molecule has 0 bridgehead atoms. The Balaban J connectivity index is 1.01. The molecule has 0 heterocycles. The zero-order valence-corrected chi connectivity index (χ0v) is 34.6. The molecule has 0 aliphatic heterocycles. The quantitative estimate of drug-likeness (QED) is 0.129. The van der Waals surface area contributed by atoms with Gasteiger partial charge >= 0.3 is 0 Å². The second kappa shape index (κ2) is 17.7. The standard InChI is InChI=1S/C60H46N2/c1-5-19-45(20-6-1)47-39-41-55(42-40-47)61(53-26-9-3-10-27-53)59-33-15-13-31-57(59)48-35-37-49(38-36-48)58-32-14-16-34-60(58)62(54-28-11-4-12-29-54)56-30-18-25-52(44-56)51-24-17-23-50(43-51)46-21-7-2-8-22-46/h1-3,5-11,13-44H,4,12H2. The van der Waals surface area contributed by atoms with Gasteiger partial charge in [-0.1, -0.05) is 194 Å². The fourth-order valence-electron chi connectivity index (χ4n) is 8.62. The van der Waals surface area contributed by atoms with Gasteiger partial charge in [0.2, 0.25) is 0 Å². The van der Waals surface area contributed by atoms with E-state index in [1.807, 2.05) is 0 Å². The second-order valence-electron chi connectivity index (χ2n) is 15.6. The summed E-state index contributed by atoms with van der Waals surface area (Å²) in [5.74, 6) is 0. The molecule has 2 nitrogen and oxygen atoms in total. The van der Waals surface area contributed by atoms with E-state index >= 15 is 0 Å². The summed E-state index contributed by atoms with van der Waals surface area (Å²) in [6.07, 6.45) is 8.99. The Morgan fingerprint density at radius 3 is 1.29 bits per heavy atom. The van der Waals surface area contributed by atoms with Crippen LogP contribution in [-0.4, -0.2) is 0 Å². The Labute approximate surface area is 365 Å². The van der Waals surface area contributed by atoms with E-state index in [1.165, 1.54) is 44.6 Å². The molecule has 0 radical (unpaired) electrons. The van der Waals surface area contributed by atoms with Crippen molar-refractivity contribution >= 4 is 28.4 Å². The monoisotopic (exact) mass is 794 g/mol. The third kappa shape index (κ3) is 8.02. The molecule has 0 amide bonds. The van der Waals surface area contributed by atoms with Gasteiger partial charge in [-0.15, -0.1) is 0 Å². The molecule has 0 atom stereocenters. The van der Waals surface area contributed by atoms with Crippen molar-refractivity contribution in [2.24, 2.45) is 0 Å². The first-order valence-electron chi connectivity index (χ1n) is 21.5. The maximum Gasteiger partial charge on any atom is 0.0540 e. The largest absolute Gasteiger partial charge is 0.310 e. The van der Waals surface area contributed by atoms with Gasteiger partial charge in [-0.25, -0.2) is 0 Å². The molecule has 9 aromatic rings. The first-order valence-corrected chi connectivity index (χ1v) is 21.5. The Morgan fingerprint density at radius 1 is 0.274 bits per heavy atom. The topological polar surface area (TPSA) is 6.48 Å². The van der Waals surface area contributed by atoms with Crippen molar-refractivity contribution in [3.8, 4) is 55.6 Å². The van der Waals surface area contributed by atoms with Crippen LogP contribution in [0.1, 0.15) is 12.8 Å². The van der Waals surface area contributed by atoms with Crippen molar-refractivity contribution in [2.75, 3.05) is 9.80 Å². The van der Waals surface area contributed by atoms with Crippen LogP contribution in [0.5, 0.6) is 0 Å². The summed E-state index contributed by atoms with van der Waals surface area (Å²) in [7, 11) is 0. The SMILES string of the molecule is C1=CC(N(c2cccc(-c3cccc(-c4ccccc4)c3)c2)c2ccccc2-c2ccc(-c3ccccc3N(c3ccccc3)c3ccc(-c4ccccc4)cc3)cc2)=CCC1. The van der Waals surface area contributed by atoms with Gasteiger partial charge in [-0.3, -0.25) is 0 Å². The van der Waals surface area contributed by atoms with E-state index in [-0.39, 0.29) is 0 Å². The van der Waals surface area contributed by atoms with Gasteiger partial charge in [0.15, 0.2) is 0 Å². The minimum Gasteiger partial charge on any atom is -0.310 e. The molecular weight excluding hydrogens is 749 g/mol. The van der Waals surface area contributed by atoms with Crippen LogP contribution in [0.2, 0.25) is 0 Å². The zero-order valence-electron chi connectivity index (χ0n) is 34.6. The lowest BCUT2D eigenvalue weighted by atomic mass is 9.96. The Bertz CT molecular complexity index is 2980. The van der Waals surface area contributed by atoms with Crippen LogP contribution >= 0.6 is 0 Å². The lowest BCUT2D eigenvalue weighted by Crippen LogP contribution is -2.17. The number of anilines is 5. The van der Waals surface area contributed by atoms with Gasteiger partial charge in [-0.2, -0.15) is 0 Å². The van der Waals surface area contributed by atoms with Gasteiger partial charge in [0.25, 0.3) is 0 Å². The first kappa shape index (κ1) is 38.3. The van der Waals surface area contributed by atoms with Crippen molar-refractivity contribution in [2.45, 2.75) is 12.8 Å². The molecule has 0 saturated carbocycles. The molecule has 0 aromatic heterocycles. The summed E-state index contributed by atoms with van der Waals surface area (Å²) in [6.45, 7) is 0. The van der Waals surface area contributed by atoms with Crippen LogP contribution in [-0.2, 0) is 0 Å². The van der Waals surface area contributed by atoms with Gasteiger partial charge in [0, 0.05) is 33.9 Å². The predicted octanol–water partition coefficient (Wildman–Crippen LogP) is 16.9. The average Bonchev–Trinajstić information content (AvgIpc) is 3.36. The highest BCUT2D eigenvalue weighted by molar-refractivity contribution is 5.91. The van der Waals surface area contributed by atoms with Crippen LogP contribution in [0.25, 0.3) is 55.6 Å². The van der Waals surface area contributed by atoms with Crippen LogP contribution in [0.3, 0.4) is 0 Å². The molecule has 2 heteroatoms. The second-order valence-corrected chi connectivity index (χ2v) is 15.6. The van der Waals surface area contributed by atoms with E-state index in [9.17, 15) is 0 Å². The van der Waals surface area contributed by atoms with Gasteiger partial charge < -0.3 is 9.80 Å². The zero-order chi connectivity index (χ0) is 41.5. The van der Waals surface area contributed by atoms with Crippen LogP contribution in [0, 0.1) is 0 Å². The van der Waals surface area contributed by atoms with Crippen molar-refractivity contribution in [1.29, 1.82) is 0 Å². The highest BCUT2D eigenvalue weighted by atomic mass is 15.2. The molecule has 0 fully saturated rings. The van der Waals surface area contributed by atoms with Crippen LogP contribution in [0.15, 0.2) is 261 Å². The Hall–Kier alpha value is -7.94. The van der Waals surface area contributed by atoms with Gasteiger partial charge in [-0.05, 0) is 118 Å². The van der Waals surface area contributed by atoms with Crippen molar-refractivity contribution in [3.05, 3.63) is 261 Å². The number of nitrogens with zero attached hydrogens (tertiary/aromatic N) is 2. The summed E-state index contributed by atoms with van der Waals surface area (Å²) in [5, 5.41) is 0. The predicted molar refractivity (Wildman–Crippen MR) is 263 cm³/mol. The minimum absolute atomic E-state index is 1.01. The van der Waals surface area contributed by atoms with Crippen molar-refractivity contribution < 1.29 is 0 Å². The first-order chi connectivity index (χ1) is 30.8. The highest BCUT2D eigenvalue weighted by Gasteiger charge is 2.21. The summed E-state index contributed by atoms with van der Waals surface area (Å²) >= 11 is 0. The summed E-state index contributed by atoms with van der Waals surface area (Å²) in [6, 6.07) is 85.2. The number of benzene rings is 9. The number of rotatable bonds is 11. The maximum atomic E-state index is 2.43. The highest BCUT2D eigenvalue weighted by Crippen LogP contribution is 2.44. The summed E-state index contributed by atoms with van der Waals surface area (Å²) in [4.78, 5) is 4.79. The van der Waals surface area contributed by atoms with E-state index in [2.05, 4.69) is 265 Å². The molecule has 1 aliphatic rings. The fourth-order valence-corrected chi connectivity index (χ4v) is 8.62. The normalized spacial score (nSPS) is 12.1. The van der Waals surface area contributed by atoms with E-state index in [0.29, 0.717) is 0 Å². The van der Waals surface area contributed by atoms with E-state index in [1.54, 1.807) is 0 Å². The van der Waals surface area contributed by atoms with Gasteiger partial charge in [0.1, 0.15) is 0 Å². The van der Waals surface area contributed by atoms with Crippen molar-refractivity contribution in [3.63, 3.8) is 0 Å². The number of hydrogen-bond acceptors (Lipinski definition) is 2. The molecule has 296 valence electrons. The molecule has 1 aliphatic carbocycles. The smallest absolute Gasteiger partial charge is 0.0540 e. The lowest BCUT2D eigenvalue weighted by molar-refractivity contribution is 0.997. The lowest BCUT2D eigenvalue weighted by Gasteiger charge is -2.30. The maximum absolute atomic E-state index is 2.43. The Kier molecular flexibility index (Phi) is 10.9. The molecule has 10 rings (SSSR count). The third-order valence-electron chi connectivity index (χ3n) is 11.7. The molecule has 0 saturated heterocycles. The van der Waals surface area contributed by atoms with E-state index in [0.717, 1.165) is 58.0 Å².